The van der Waals surface area contributed by atoms with Crippen molar-refractivity contribution in [3.8, 4) is 5.75 Å². The zero-order valence-electron chi connectivity index (χ0n) is 14.2. The van der Waals surface area contributed by atoms with E-state index in [1.54, 1.807) is 24.3 Å². The molecule has 1 atom stereocenters. The lowest BCUT2D eigenvalue weighted by atomic mass is 10.2. The standard InChI is InChI=1S/C18H20FN3O3/c1-12(25-16-10-5-4-9-15(16)19)17(23)20-21-18(24)13-7-6-8-14(11-13)22(2)3/h4-12H,1-3H3,(H,20,23)(H,21,24). The fourth-order valence-corrected chi connectivity index (χ4v) is 2.00. The summed E-state index contributed by atoms with van der Waals surface area (Å²) in [6.45, 7) is 1.46. The van der Waals surface area contributed by atoms with Crippen molar-refractivity contribution in [3.63, 3.8) is 0 Å². The molecular formula is C18H20FN3O3. The molecule has 0 aliphatic rings. The third-order valence-electron chi connectivity index (χ3n) is 3.43. The summed E-state index contributed by atoms with van der Waals surface area (Å²) in [6.07, 6.45) is -0.981. The van der Waals surface area contributed by atoms with Gasteiger partial charge < -0.3 is 9.64 Å². The lowest BCUT2D eigenvalue weighted by Gasteiger charge is -2.16. The molecule has 2 amide bonds. The smallest absolute Gasteiger partial charge is 0.279 e. The molecule has 2 aromatic carbocycles. The molecule has 0 aliphatic carbocycles. The molecule has 1 unspecified atom stereocenters. The number of carbonyl (C=O) groups excluding carboxylic acids is 2. The number of hydrogen-bond donors (Lipinski definition) is 2. The van der Waals surface area contributed by atoms with Crippen LogP contribution in [0.1, 0.15) is 17.3 Å². The van der Waals surface area contributed by atoms with Crippen molar-refractivity contribution in [1.82, 2.24) is 10.9 Å². The average Bonchev–Trinajstić information content (AvgIpc) is 2.61. The molecule has 0 heterocycles. The van der Waals surface area contributed by atoms with Crippen LogP contribution in [0.15, 0.2) is 48.5 Å². The van der Waals surface area contributed by atoms with Gasteiger partial charge in [0.05, 0.1) is 0 Å². The summed E-state index contributed by atoms with van der Waals surface area (Å²) in [5.74, 6) is -1.66. The molecule has 2 rings (SSSR count). The van der Waals surface area contributed by atoms with Crippen LogP contribution in [0.3, 0.4) is 0 Å². The number of anilines is 1. The summed E-state index contributed by atoms with van der Waals surface area (Å²) in [7, 11) is 3.72. The van der Waals surface area contributed by atoms with Gasteiger partial charge in [0.15, 0.2) is 17.7 Å². The highest BCUT2D eigenvalue weighted by Crippen LogP contribution is 2.17. The first kappa shape index (κ1) is 18.3. The lowest BCUT2D eigenvalue weighted by Crippen LogP contribution is -2.47. The lowest BCUT2D eigenvalue weighted by molar-refractivity contribution is -0.128. The van der Waals surface area contributed by atoms with E-state index in [0.29, 0.717) is 5.56 Å². The molecule has 0 saturated heterocycles. The van der Waals surface area contributed by atoms with Crippen LogP contribution < -0.4 is 20.5 Å². The fourth-order valence-electron chi connectivity index (χ4n) is 2.00. The minimum Gasteiger partial charge on any atom is -0.478 e. The Morgan fingerprint density at radius 1 is 1.08 bits per heavy atom. The Labute approximate surface area is 145 Å². The maximum atomic E-state index is 13.5. The third-order valence-corrected chi connectivity index (χ3v) is 3.43. The van der Waals surface area contributed by atoms with Gasteiger partial charge in [-0.2, -0.15) is 0 Å². The maximum absolute atomic E-state index is 13.5. The summed E-state index contributed by atoms with van der Waals surface area (Å²) < 4.78 is 18.8. The van der Waals surface area contributed by atoms with Gasteiger partial charge in [0.2, 0.25) is 0 Å². The third kappa shape index (κ3) is 4.94. The van der Waals surface area contributed by atoms with Gasteiger partial charge in [-0.3, -0.25) is 20.4 Å². The SMILES string of the molecule is CC(Oc1ccccc1F)C(=O)NNC(=O)c1cccc(N(C)C)c1. The number of ether oxygens (including phenoxy) is 1. The van der Waals surface area contributed by atoms with E-state index >= 15 is 0 Å². The second-order valence-corrected chi connectivity index (χ2v) is 5.58. The van der Waals surface area contributed by atoms with Gasteiger partial charge >= 0.3 is 0 Å². The van der Waals surface area contributed by atoms with Crippen LogP contribution in [0.4, 0.5) is 10.1 Å². The first-order chi connectivity index (χ1) is 11.9. The minimum absolute atomic E-state index is 0.0323. The first-order valence-corrected chi connectivity index (χ1v) is 7.67. The van der Waals surface area contributed by atoms with Gasteiger partial charge in [-0.15, -0.1) is 0 Å². The van der Waals surface area contributed by atoms with E-state index in [-0.39, 0.29) is 5.75 Å². The number of halogens is 1. The molecule has 2 aromatic rings. The number of para-hydroxylation sites is 1. The van der Waals surface area contributed by atoms with Crippen molar-refractivity contribution in [2.75, 3.05) is 19.0 Å². The Hall–Kier alpha value is -3.09. The summed E-state index contributed by atoms with van der Waals surface area (Å²) in [5.41, 5.74) is 5.84. The second-order valence-electron chi connectivity index (χ2n) is 5.58. The quantitative estimate of drug-likeness (QED) is 0.815. The van der Waals surface area contributed by atoms with Gasteiger partial charge in [-0.1, -0.05) is 18.2 Å². The van der Waals surface area contributed by atoms with Crippen molar-refractivity contribution < 1.29 is 18.7 Å². The van der Waals surface area contributed by atoms with E-state index in [1.165, 1.54) is 25.1 Å². The molecule has 25 heavy (non-hydrogen) atoms. The van der Waals surface area contributed by atoms with E-state index in [0.717, 1.165) is 5.69 Å². The Balaban J connectivity index is 1.91. The average molecular weight is 345 g/mol. The molecule has 132 valence electrons. The summed E-state index contributed by atoms with van der Waals surface area (Å²) >= 11 is 0. The predicted molar refractivity (Wildman–Crippen MR) is 92.9 cm³/mol. The number of hydrogen-bond acceptors (Lipinski definition) is 4. The number of amides is 2. The zero-order valence-corrected chi connectivity index (χ0v) is 14.2. The van der Waals surface area contributed by atoms with E-state index in [9.17, 15) is 14.0 Å². The van der Waals surface area contributed by atoms with Crippen LogP contribution in [-0.2, 0) is 4.79 Å². The molecule has 7 heteroatoms. The van der Waals surface area contributed by atoms with Crippen molar-refractivity contribution in [1.29, 1.82) is 0 Å². The fraction of sp³-hybridized carbons (Fsp3) is 0.222. The van der Waals surface area contributed by atoms with Gasteiger partial charge in [-0.05, 0) is 37.3 Å². The van der Waals surface area contributed by atoms with Crippen LogP contribution in [0.5, 0.6) is 5.75 Å². The Morgan fingerprint density at radius 3 is 2.48 bits per heavy atom. The minimum atomic E-state index is -0.981. The highest BCUT2D eigenvalue weighted by atomic mass is 19.1. The number of carbonyl (C=O) groups is 2. The summed E-state index contributed by atoms with van der Waals surface area (Å²) in [6, 6.07) is 12.7. The van der Waals surface area contributed by atoms with Crippen LogP contribution in [-0.4, -0.2) is 32.0 Å². The monoisotopic (exact) mass is 345 g/mol. The highest BCUT2D eigenvalue weighted by molar-refractivity contribution is 5.96. The van der Waals surface area contributed by atoms with Crippen molar-refractivity contribution >= 4 is 17.5 Å². The Bertz CT molecular complexity index is 765. The van der Waals surface area contributed by atoms with Crippen LogP contribution in [0.2, 0.25) is 0 Å². The molecule has 0 radical (unpaired) electrons. The van der Waals surface area contributed by atoms with Crippen LogP contribution in [0.25, 0.3) is 0 Å². The van der Waals surface area contributed by atoms with Crippen molar-refractivity contribution in [2.45, 2.75) is 13.0 Å². The number of nitrogens with one attached hydrogen (secondary N) is 2. The number of hydrazine groups is 1. The number of benzene rings is 2. The van der Waals surface area contributed by atoms with Crippen molar-refractivity contribution in [2.24, 2.45) is 0 Å². The van der Waals surface area contributed by atoms with E-state index in [4.69, 9.17) is 4.74 Å². The number of nitrogens with zero attached hydrogens (tertiary/aromatic N) is 1. The van der Waals surface area contributed by atoms with E-state index < -0.39 is 23.7 Å². The van der Waals surface area contributed by atoms with E-state index in [2.05, 4.69) is 10.9 Å². The van der Waals surface area contributed by atoms with Gasteiger partial charge in [0.25, 0.3) is 11.8 Å². The van der Waals surface area contributed by atoms with Gasteiger partial charge in [0, 0.05) is 25.3 Å². The molecule has 0 saturated carbocycles. The first-order valence-electron chi connectivity index (χ1n) is 7.67. The molecule has 0 spiro atoms. The number of rotatable bonds is 5. The molecule has 0 aromatic heterocycles. The summed E-state index contributed by atoms with van der Waals surface area (Å²) in [5, 5.41) is 0. The van der Waals surface area contributed by atoms with Crippen molar-refractivity contribution in [3.05, 3.63) is 59.9 Å². The topological polar surface area (TPSA) is 70.7 Å². The predicted octanol–water partition coefficient (Wildman–Crippen LogP) is 2.12. The Morgan fingerprint density at radius 2 is 1.80 bits per heavy atom. The largest absolute Gasteiger partial charge is 0.478 e. The van der Waals surface area contributed by atoms with Crippen LogP contribution in [0, 0.1) is 5.82 Å². The second kappa shape index (κ2) is 8.14. The normalized spacial score (nSPS) is 11.4. The zero-order chi connectivity index (χ0) is 18.4. The molecule has 2 N–H and O–H groups in total. The molecule has 6 nitrogen and oxygen atoms in total. The molecular weight excluding hydrogens is 325 g/mol. The van der Waals surface area contributed by atoms with Crippen LogP contribution >= 0.6 is 0 Å². The molecule has 0 fully saturated rings. The highest BCUT2D eigenvalue weighted by Gasteiger charge is 2.17. The van der Waals surface area contributed by atoms with E-state index in [1.807, 2.05) is 25.1 Å². The van der Waals surface area contributed by atoms with Gasteiger partial charge in [0.1, 0.15) is 0 Å². The Kier molecular flexibility index (Phi) is 5.94. The maximum Gasteiger partial charge on any atom is 0.279 e. The molecule has 0 bridgehead atoms. The van der Waals surface area contributed by atoms with Gasteiger partial charge in [-0.25, -0.2) is 4.39 Å². The summed E-state index contributed by atoms with van der Waals surface area (Å²) in [4.78, 5) is 26.0. The molecule has 0 aliphatic heterocycles.